The van der Waals surface area contributed by atoms with Gasteiger partial charge in [-0.2, -0.15) is 0 Å². The van der Waals surface area contributed by atoms with Crippen molar-refractivity contribution in [1.29, 1.82) is 0 Å². The van der Waals surface area contributed by atoms with Gasteiger partial charge in [0.2, 0.25) is 10.0 Å². The molecular weight excluding hydrogens is 375 g/mol. The third kappa shape index (κ3) is 5.11. The van der Waals surface area contributed by atoms with Crippen molar-refractivity contribution in [3.63, 3.8) is 0 Å². The minimum Gasteiger partial charge on any atom is -0.449 e. The van der Waals surface area contributed by atoms with Crippen LogP contribution < -0.4 is 5.32 Å². The first kappa shape index (κ1) is 20.5. The highest BCUT2D eigenvalue weighted by atomic mass is 32.2. The van der Waals surface area contributed by atoms with E-state index >= 15 is 0 Å². The van der Waals surface area contributed by atoms with E-state index in [-0.39, 0.29) is 10.5 Å². The van der Waals surface area contributed by atoms with Crippen molar-refractivity contribution in [2.24, 2.45) is 0 Å². The van der Waals surface area contributed by atoms with Gasteiger partial charge in [-0.3, -0.25) is 4.79 Å². The first-order valence-electron chi connectivity index (χ1n) is 7.91. The summed E-state index contributed by atoms with van der Waals surface area (Å²) in [6, 6.07) is 10.5. The smallest absolute Gasteiger partial charge is 0.338 e. The third-order valence-electron chi connectivity index (χ3n) is 3.61. The van der Waals surface area contributed by atoms with Crippen LogP contribution in [0.3, 0.4) is 0 Å². The average molecular weight is 394 g/mol. The molecule has 0 aliphatic heterocycles. The van der Waals surface area contributed by atoms with E-state index in [1.165, 1.54) is 69.6 Å². The van der Waals surface area contributed by atoms with Gasteiger partial charge in [0.1, 0.15) is 5.82 Å². The van der Waals surface area contributed by atoms with Crippen LogP contribution in [0.25, 0.3) is 0 Å². The fourth-order valence-electron chi connectivity index (χ4n) is 2.05. The monoisotopic (exact) mass is 394 g/mol. The fourth-order valence-corrected chi connectivity index (χ4v) is 3.00. The molecule has 0 fully saturated rings. The first-order chi connectivity index (χ1) is 12.6. The van der Waals surface area contributed by atoms with Crippen molar-refractivity contribution in [3.8, 4) is 0 Å². The van der Waals surface area contributed by atoms with Crippen molar-refractivity contribution in [3.05, 3.63) is 59.9 Å². The maximum atomic E-state index is 12.9. The predicted molar refractivity (Wildman–Crippen MR) is 97.2 cm³/mol. The second-order valence-electron chi connectivity index (χ2n) is 5.86. The topological polar surface area (TPSA) is 92.8 Å². The van der Waals surface area contributed by atoms with Crippen LogP contribution in [0, 0.1) is 5.82 Å². The number of rotatable bonds is 6. The Kier molecular flexibility index (Phi) is 6.29. The Morgan fingerprint density at radius 1 is 1.11 bits per heavy atom. The normalized spacial score (nSPS) is 12.5. The van der Waals surface area contributed by atoms with Crippen LogP contribution in [0.15, 0.2) is 53.4 Å². The van der Waals surface area contributed by atoms with Crippen LogP contribution in [-0.4, -0.2) is 44.8 Å². The van der Waals surface area contributed by atoms with E-state index in [1.54, 1.807) is 0 Å². The van der Waals surface area contributed by atoms with Gasteiger partial charge >= 0.3 is 5.97 Å². The van der Waals surface area contributed by atoms with E-state index in [1.807, 2.05) is 0 Å². The number of benzene rings is 2. The highest BCUT2D eigenvalue weighted by Gasteiger charge is 2.22. The lowest BCUT2D eigenvalue weighted by atomic mass is 10.2. The molecule has 0 saturated heterocycles. The molecule has 27 heavy (non-hydrogen) atoms. The van der Waals surface area contributed by atoms with E-state index in [4.69, 9.17) is 4.74 Å². The van der Waals surface area contributed by atoms with Crippen molar-refractivity contribution >= 4 is 27.6 Å². The Morgan fingerprint density at radius 2 is 1.74 bits per heavy atom. The second kappa shape index (κ2) is 8.28. The number of carbonyl (C=O) groups is 2. The van der Waals surface area contributed by atoms with Crippen LogP contribution in [0.4, 0.5) is 10.1 Å². The van der Waals surface area contributed by atoms with E-state index in [0.29, 0.717) is 5.69 Å². The van der Waals surface area contributed by atoms with Crippen molar-refractivity contribution in [2.75, 3.05) is 19.4 Å². The molecule has 7 nitrogen and oxygen atoms in total. The molecule has 144 valence electrons. The average Bonchev–Trinajstić information content (AvgIpc) is 2.63. The molecular formula is C18H19FN2O5S. The van der Waals surface area contributed by atoms with Crippen LogP contribution >= 0.6 is 0 Å². The van der Waals surface area contributed by atoms with Crippen molar-refractivity contribution < 1.29 is 27.1 Å². The first-order valence-corrected chi connectivity index (χ1v) is 9.35. The minimum atomic E-state index is -3.71. The van der Waals surface area contributed by atoms with Crippen LogP contribution in [0.1, 0.15) is 17.3 Å². The number of carbonyl (C=O) groups excluding carboxylic acids is 2. The summed E-state index contributed by atoms with van der Waals surface area (Å²) in [5.41, 5.74) is 0.350. The molecule has 0 radical (unpaired) electrons. The van der Waals surface area contributed by atoms with Gasteiger partial charge in [0.15, 0.2) is 6.10 Å². The largest absolute Gasteiger partial charge is 0.449 e. The quantitative estimate of drug-likeness (QED) is 0.759. The molecule has 0 aliphatic rings. The molecule has 2 rings (SSSR count). The Bertz CT molecular complexity index is 942. The molecule has 2 aromatic rings. The van der Waals surface area contributed by atoms with Gasteiger partial charge in [-0.1, -0.05) is 6.07 Å². The Hall–Kier alpha value is -2.78. The van der Waals surface area contributed by atoms with Crippen molar-refractivity contribution in [2.45, 2.75) is 17.9 Å². The summed E-state index contributed by atoms with van der Waals surface area (Å²) >= 11 is 0. The number of esters is 1. The molecule has 1 N–H and O–H groups in total. The molecule has 1 unspecified atom stereocenters. The van der Waals surface area contributed by atoms with E-state index < -0.39 is 33.8 Å². The molecule has 0 spiro atoms. The van der Waals surface area contributed by atoms with Gasteiger partial charge in [0.25, 0.3) is 5.91 Å². The molecule has 0 heterocycles. The molecule has 0 aliphatic carbocycles. The third-order valence-corrected chi connectivity index (χ3v) is 5.42. The SMILES string of the molecule is CC(OC(=O)c1cccc(S(=O)(=O)N(C)C)c1)C(=O)Nc1ccc(F)cc1. The zero-order valence-electron chi connectivity index (χ0n) is 15.0. The number of sulfonamides is 1. The lowest BCUT2D eigenvalue weighted by Gasteiger charge is -2.15. The Morgan fingerprint density at radius 3 is 2.33 bits per heavy atom. The van der Waals surface area contributed by atoms with Gasteiger partial charge in [0, 0.05) is 19.8 Å². The lowest BCUT2D eigenvalue weighted by Crippen LogP contribution is -2.30. The van der Waals surface area contributed by atoms with Gasteiger partial charge in [-0.15, -0.1) is 0 Å². The number of hydrogen-bond acceptors (Lipinski definition) is 5. The summed E-state index contributed by atoms with van der Waals surface area (Å²) in [6.45, 7) is 1.37. The Balaban J connectivity index is 2.08. The van der Waals surface area contributed by atoms with Crippen molar-refractivity contribution in [1.82, 2.24) is 4.31 Å². The predicted octanol–water partition coefficient (Wildman–Crippen LogP) is 2.26. The lowest BCUT2D eigenvalue weighted by molar-refractivity contribution is -0.123. The highest BCUT2D eigenvalue weighted by molar-refractivity contribution is 7.89. The second-order valence-corrected chi connectivity index (χ2v) is 8.01. The molecule has 1 atom stereocenters. The highest BCUT2D eigenvalue weighted by Crippen LogP contribution is 2.16. The molecule has 2 aromatic carbocycles. The molecule has 1 amide bonds. The summed E-state index contributed by atoms with van der Waals surface area (Å²) < 4.78 is 43.3. The summed E-state index contributed by atoms with van der Waals surface area (Å²) in [5.74, 6) is -1.89. The number of anilines is 1. The van der Waals surface area contributed by atoms with E-state index in [9.17, 15) is 22.4 Å². The van der Waals surface area contributed by atoms with Crippen LogP contribution in [-0.2, 0) is 19.6 Å². The number of nitrogens with one attached hydrogen (secondary N) is 1. The Labute approximate surface area is 156 Å². The van der Waals surface area contributed by atoms with Crippen LogP contribution in [0.5, 0.6) is 0 Å². The van der Waals surface area contributed by atoms with Gasteiger partial charge in [-0.25, -0.2) is 21.9 Å². The number of ether oxygens (including phenoxy) is 1. The van der Waals surface area contributed by atoms with Crippen LogP contribution in [0.2, 0.25) is 0 Å². The van der Waals surface area contributed by atoms with Gasteiger partial charge in [-0.05, 0) is 49.4 Å². The number of nitrogens with zero attached hydrogens (tertiary/aromatic N) is 1. The summed E-state index contributed by atoms with van der Waals surface area (Å²) in [4.78, 5) is 24.3. The van der Waals surface area contributed by atoms with E-state index in [2.05, 4.69) is 5.32 Å². The molecule has 0 saturated carbocycles. The molecule has 9 heteroatoms. The minimum absolute atomic E-state index is 0.000595. The zero-order chi connectivity index (χ0) is 20.2. The standard InChI is InChI=1S/C18H19FN2O5S/c1-12(17(22)20-15-9-7-14(19)8-10-15)26-18(23)13-5-4-6-16(11-13)27(24,25)21(2)3/h4-12H,1-3H3,(H,20,22). The fraction of sp³-hybridized carbons (Fsp3) is 0.222. The van der Waals surface area contributed by atoms with Gasteiger partial charge in [0.05, 0.1) is 10.5 Å². The van der Waals surface area contributed by atoms with E-state index in [0.717, 1.165) is 4.31 Å². The zero-order valence-corrected chi connectivity index (χ0v) is 15.8. The molecule has 0 aromatic heterocycles. The summed E-state index contributed by atoms with van der Waals surface area (Å²) in [7, 11) is -0.952. The maximum absolute atomic E-state index is 12.9. The molecule has 0 bridgehead atoms. The number of hydrogen-bond donors (Lipinski definition) is 1. The summed E-state index contributed by atoms with van der Waals surface area (Å²) in [5, 5.41) is 2.49. The maximum Gasteiger partial charge on any atom is 0.338 e. The number of halogens is 1. The van der Waals surface area contributed by atoms with Gasteiger partial charge < -0.3 is 10.1 Å². The summed E-state index contributed by atoms with van der Waals surface area (Å²) in [6.07, 6.45) is -1.14. The number of amides is 1.